The Balaban J connectivity index is 0.00000220. The average molecular weight is 316 g/mol. The first-order chi connectivity index (χ1) is 9.54. The Labute approximate surface area is 128 Å². The molecule has 1 aromatic rings. The van der Waals surface area contributed by atoms with Crippen molar-refractivity contribution in [1.82, 2.24) is 5.32 Å². The fourth-order valence-corrected chi connectivity index (χ4v) is 2.30. The maximum atomic E-state index is 12.7. The molecule has 0 saturated heterocycles. The van der Waals surface area contributed by atoms with Crippen molar-refractivity contribution in [3.8, 4) is 0 Å². The normalized spacial score (nSPS) is 20.5. The predicted octanol–water partition coefficient (Wildman–Crippen LogP) is 1.43. The zero-order valence-electron chi connectivity index (χ0n) is 11.5. The van der Waals surface area contributed by atoms with Gasteiger partial charge in [-0.3, -0.25) is 9.59 Å². The molecule has 21 heavy (non-hydrogen) atoms. The molecule has 2 amide bonds. The van der Waals surface area contributed by atoms with E-state index >= 15 is 0 Å². The number of anilines is 1. The second-order valence-corrected chi connectivity index (χ2v) is 5.04. The first-order valence-corrected chi connectivity index (χ1v) is 6.63. The highest BCUT2D eigenvalue weighted by Gasteiger charge is 2.27. The summed E-state index contributed by atoms with van der Waals surface area (Å²) in [7, 11) is 0. The van der Waals surface area contributed by atoms with Crippen molar-refractivity contribution in [1.29, 1.82) is 0 Å². The summed E-state index contributed by atoms with van der Waals surface area (Å²) in [5, 5.41) is 5.17. The molecule has 7 heteroatoms. The van der Waals surface area contributed by atoms with Gasteiger partial charge in [0.1, 0.15) is 5.82 Å². The quantitative estimate of drug-likeness (QED) is 0.786. The lowest BCUT2D eigenvalue weighted by molar-refractivity contribution is -0.127. The summed E-state index contributed by atoms with van der Waals surface area (Å²) in [5.41, 5.74) is 6.24. The van der Waals surface area contributed by atoms with E-state index in [1.54, 1.807) is 0 Å². The number of benzene rings is 1. The summed E-state index contributed by atoms with van der Waals surface area (Å²) in [5.74, 6) is -0.933. The van der Waals surface area contributed by atoms with E-state index in [-0.39, 0.29) is 48.5 Å². The topological polar surface area (TPSA) is 84.2 Å². The lowest BCUT2D eigenvalue weighted by atomic mass is 10.1. The first kappa shape index (κ1) is 17.4. The van der Waals surface area contributed by atoms with Crippen LogP contribution in [-0.2, 0) is 9.59 Å². The first-order valence-electron chi connectivity index (χ1n) is 6.63. The second-order valence-electron chi connectivity index (χ2n) is 5.04. The van der Waals surface area contributed by atoms with Crippen LogP contribution in [0.4, 0.5) is 10.1 Å². The molecular weight excluding hydrogens is 297 g/mol. The van der Waals surface area contributed by atoms with Gasteiger partial charge in [0.2, 0.25) is 11.8 Å². The van der Waals surface area contributed by atoms with Crippen molar-refractivity contribution < 1.29 is 14.0 Å². The van der Waals surface area contributed by atoms with Crippen LogP contribution in [0.5, 0.6) is 0 Å². The van der Waals surface area contributed by atoms with Crippen LogP contribution in [0.2, 0.25) is 0 Å². The van der Waals surface area contributed by atoms with E-state index in [9.17, 15) is 14.0 Å². The lowest BCUT2D eigenvalue weighted by Gasteiger charge is -2.11. The third kappa shape index (κ3) is 5.32. The van der Waals surface area contributed by atoms with Gasteiger partial charge in [0.15, 0.2) is 0 Å². The number of nitrogens with one attached hydrogen (secondary N) is 2. The monoisotopic (exact) mass is 315 g/mol. The lowest BCUT2D eigenvalue weighted by Crippen LogP contribution is -2.36. The highest BCUT2D eigenvalue weighted by atomic mass is 35.5. The number of amides is 2. The van der Waals surface area contributed by atoms with Gasteiger partial charge in [0.05, 0.1) is 6.54 Å². The van der Waals surface area contributed by atoms with Gasteiger partial charge in [-0.05, 0) is 43.5 Å². The number of hydrogen-bond acceptors (Lipinski definition) is 3. The number of nitrogens with two attached hydrogens (primary N) is 1. The minimum absolute atomic E-state index is 0. The molecule has 0 aromatic heterocycles. The molecule has 2 rings (SSSR count). The van der Waals surface area contributed by atoms with Gasteiger partial charge in [-0.1, -0.05) is 0 Å². The van der Waals surface area contributed by atoms with Gasteiger partial charge in [-0.2, -0.15) is 0 Å². The third-order valence-electron chi connectivity index (χ3n) is 3.40. The highest BCUT2D eigenvalue weighted by Crippen LogP contribution is 2.23. The Morgan fingerprint density at radius 3 is 2.48 bits per heavy atom. The third-order valence-corrected chi connectivity index (χ3v) is 3.40. The molecule has 4 N–H and O–H groups in total. The van der Waals surface area contributed by atoms with Gasteiger partial charge in [-0.25, -0.2) is 4.39 Å². The smallest absolute Gasteiger partial charge is 0.243 e. The number of hydrogen-bond donors (Lipinski definition) is 3. The molecule has 2 unspecified atom stereocenters. The van der Waals surface area contributed by atoms with E-state index in [1.165, 1.54) is 24.3 Å². The van der Waals surface area contributed by atoms with Crippen LogP contribution in [0, 0.1) is 11.7 Å². The van der Waals surface area contributed by atoms with Crippen LogP contribution < -0.4 is 16.4 Å². The van der Waals surface area contributed by atoms with Crippen molar-refractivity contribution in [3.05, 3.63) is 30.1 Å². The number of carbonyl (C=O) groups excluding carboxylic acids is 2. The molecule has 1 aromatic carbocycles. The number of carbonyl (C=O) groups is 2. The van der Waals surface area contributed by atoms with E-state index < -0.39 is 0 Å². The van der Waals surface area contributed by atoms with E-state index in [2.05, 4.69) is 10.6 Å². The van der Waals surface area contributed by atoms with Crippen LogP contribution in [-0.4, -0.2) is 24.4 Å². The molecule has 0 spiro atoms. The van der Waals surface area contributed by atoms with E-state index in [0.29, 0.717) is 12.1 Å². The molecule has 0 bridgehead atoms. The zero-order valence-corrected chi connectivity index (χ0v) is 12.3. The fourth-order valence-electron chi connectivity index (χ4n) is 2.30. The number of halogens is 2. The summed E-state index contributed by atoms with van der Waals surface area (Å²) in [4.78, 5) is 23.4. The van der Waals surface area contributed by atoms with Gasteiger partial charge >= 0.3 is 0 Å². The van der Waals surface area contributed by atoms with E-state index in [0.717, 1.165) is 12.8 Å². The molecule has 1 aliphatic carbocycles. The Kier molecular flexibility index (Phi) is 6.58. The van der Waals surface area contributed by atoms with Crippen LogP contribution in [0.15, 0.2) is 24.3 Å². The summed E-state index contributed by atoms with van der Waals surface area (Å²) in [6.07, 6.45) is 2.29. The van der Waals surface area contributed by atoms with E-state index in [1.807, 2.05) is 0 Å². The largest absolute Gasteiger partial charge is 0.347 e. The SMILES string of the molecule is Cl.NC1CCC(C(=O)NCC(=O)Nc2ccc(F)cc2)C1. The molecule has 0 heterocycles. The maximum absolute atomic E-state index is 12.7. The minimum atomic E-state index is -0.367. The molecule has 116 valence electrons. The molecule has 0 radical (unpaired) electrons. The molecule has 1 saturated carbocycles. The molecule has 2 atom stereocenters. The van der Waals surface area contributed by atoms with Crippen LogP contribution in [0.1, 0.15) is 19.3 Å². The number of rotatable bonds is 4. The second kappa shape index (κ2) is 7.95. The van der Waals surface area contributed by atoms with Gasteiger partial charge < -0.3 is 16.4 Å². The minimum Gasteiger partial charge on any atom is -0.347 e. The summed E-state index contributed by atoms with van der Waals surface area (Å²) in [6, 6.07) is 5.52. The highest BCUT2D eigenvalue weighted by molar-refractivity contribution is 5.94. The van der Waals surface area contributed by atoms with Crippen LogP contribution in [0.25, 0.3) is 0 Å². The summed E-state index contributed by atoms with van der Waals surface area (Å²) in [6.45, 7) is -0.0953. The average Bonchev–Trinajstić information content (AvgIpc) is 2.85. The Hall–Kier alpha value is -1.66. The fraction of sp³-hybridized carbons (Fsp3) is 0.429. The van der Waals surface area contributed by atoms with Crippen LogP contribution in [0.3, 0.4) is 0 Å². The maximum Gasteiger partial charge on any atom is 0.243 e. The Bertz CT molecular complexity index is 495. The zero-order chi connectivity index (χ0) is 14.5. The Morgan fingerprint density at radius 2 is 1.90 bits per heavy atom. The predicted molar refractivity (Wildman–Crippen MR) is 80.6 cm³/mol. The van der Waals surface area contributed by atoms with Crippen molar-refractivity contribution in [2.24, 2.45) is 11.7 Å². The van der Waals surface area contributed by atoms with Gasteiger partial charge in [0.25, 0.3) is 0 Å². The standard InChI is InChI=1S/C14H18FN3O2.ClH/c15-10-2-5-12(6-3-10)18-13(19)8-17-14(20)9-1-4-11(16)7-9;/h2-3,5-6,9,11H,1,4,7-8,16H2,(H,17,20)(H,18,19);1H. The van der Waals surface area contributed by atoms with E-state index in [4.69, 9.17) is 5.73 Å². The van der Waals surface area contributed by atoms with Crippen molar-refractivity contribution >= 4 is 29.9 Å². The summed E-state index contributed by atoms with van der Waals surface area (Å²) >= 11 is 0. The van der Waals surface area contributed by atoms with Gasteiger partial charge in [0, 0.05) is 17.6 Å². The summed E-state index contributed by atoms with van der Waals surface area (Å²) < 4.78 is 12.7. The molecular formula is C14H19ClFN3O2. The Morgan fingerprint density at radius 1 is 1.24 bits per heavy atom. The van der Waals surface area contributed by atoms with Crippen LogP contribution >= 0.6 is 12.4 Å². The molecule has 0 aliphatic heterocycles. The van der Waals surface area contributed by atoms with Crippen molar-refractivity contribution in [2.75, 3.05) is 11.9 Å². The van der Waals surface area contributed by atoms with Gasteiger partial charge in [-0.15, -0.1) is 12.4 Å². The van der Waals surface area contributed by atoms with Crippen molar-refractivity contribution in [3.63, 3.8) is 0 Å². The molecule has 1 fully saturated rings. The molecule has 1 aliphatic rings. The molecule has 5 nitrogen and oxygen atoms in total. The van der Waals surface area contributed by atoms with Crippen molar-refractivity contribution in [2.45, 2.75) is 25.3 Å².